The normalized spacial score (nSPS) is 11.4. The summed E-state index contributed by atoms with van der Waals surface area (Å²) in [5.41, 5.74) is 6.09. The van der Waals surface area contributed by atoms with Gasteiger partial charge in [-0.3, -0.25) is 5.43 Å². The van der Waals surface area contributed by atoms with Crippen LogP contribution in [0, 0.1) is 6.92 Å². The Morgan fingerprint density at radius 3 is 3.17 bits per heavy atom. The first-order valence-corrected chi connectivity index (χ1v) is 6.47. The highest BCUT2D eigenvalue weighted by atomic mass is 32.1. The zero-order valence-electron chi connectivity index (χ0n) is 9.84. The molecule has 0 spiro atoms. The number of H-pyrrole nitrogens is 1. The fourth-order valence-corrected chi connectivity index (χ4v) is 2.35. The van der Waals surface area contributed by atoms with Crippen LogP contribution in [0.15, 0.2) is 40.9 Å². The summed E-state index contributed by atoms with van der Waals surface area (Å²) in [6, 6.07) is 8.22. The van der Waals surface area contributed by atoms with Crippen LogP contribution in [0.25, 0.3) is 10.9 Å². The molecule has 90 valence electrons. The average molecular weight is 256 g/mol. The summed E-state index contributed by atoms with van der Waals surface area (Å²) in [7, 11) is 0. The molecule has 0 radical (unpaired) electrons. The Bertz CT molecular complexity index is 696. The zero-order valence-corrected chi connectivity index (χ0v) is 10.7. The molecule has 3 aromatic rings. The van der Waals surface area contributed by atoms with E-state index in [0.717, 1.165) is 21.9 Å². The highest BCUT2D eigenvalue weighted by Gasteiger charge is 1.96. The molecular formula is C13H12N4S. The van der Waals surface area contributed by atoms with E-state index >= 15 is 0 Å². The van der Waals surface area contributed by atoms with Gasteiger partial charge in [0.25, 0.3) is 0 Å². The molecule has 2 heterocycles. The predicted molar refractivity (Wildman–Crippen MR) is 76.4 cm³/mol. The Hall–Kier alpha value is -2.14. The number of aromatic amines is 1. The second-order valence-electron chi connectivity index (χ2n) is 3.99. The number of nitrogens with one attached hydrogen (secondary N) is 2. The van der Waals surface area contributed by atoms with Gasteiger partial charge in [0.05, 0.1) is 11.9 Å². The van der Waals surface area contributed by atoms with E-state index in [2.05, 4.69) is 32.6 Å². The van der Waals surface area contributed by atoms with E-state index in [4.69, 9.17) is 0 Å². The number of nitrogens with zero attached hydrogens (tertiary/aromatic N) is 2. The lowest BCUT2D eigenvalue weighted by Crippen LogP contribution is -1.90. The maximum atomic E-state index is 4.27. The number of hydrogen-bond acceptors (Lipinski definition) is 4. The minimum absolute atomic E-state index is 0.810. The molecule has 0 aliphatic carbocycles. The topological polar surface area (TPSA) is 53.1 Å². The fourth-order valence-electron chi connectivity index (χ4n) is 1.71. The first-order valence-electron chi connectivity index (χ1n) is 5.59. The summed E-state index contributed by atoms with van der Waals surface area (Å²) in [5.74, 6) is 0. The van der Waals surface area contributed by atoms with Crippen LogP contribution in [-0.4, -0.2) is 16.2 Å². The van der Waals surface area contributed by atoms with Gasteiger partial charge in [-0.05, 0) is 30.0 Å². The van der Waals surface area contributed by atoms with Crippen LogP contribution in [0.5, 0.6) is 0 Å². The molecule has 3 rings (SSSR count). The molecule has 5 heteroatoms. The lowest BCUT2D eigenvalue weighted by atomic mass is 10.2. The highest BCUT2D eigenvalue weighted by molar-refractivity contribution is 7.13. The van der Waals surface area contributed by atoms with Gasteiger partial charge in [-0.1, -0.05) is 12.1 Å². The standard InChI is InChI=1S/C13H12N4S/c1-9-8-18-13(16-9)17-15-7-10-2-3-11-4-5-14-12(11)6-10/h2-8,14H,1H3,(H,16,17). The van der Waals surface area contributed by atoms with Gasteiger partial charge in [-0.25, -0.2) is 4.98 Å². The molecule has 1 aromatic carbocycles. The Balaban J connectivity index is 1.75. The third-order valence-corrected chi connectivity index (χ3v) is 3.44. The molecule has 0 amide bonds. The molecule has 0 aliphatic heterocycles. The summed E-state index contributed by atoms with van der Waals surface area (Å²) >= 11 is 1.55. The van der Waals surface area contributed by atoms with Crippen molar-refractivity contribution in [2.24, 2.45) is 5.10 Å². The molecule has 2 aromatic heterocycles. The van der Waals surface area contributed by atoms with E-state index in [1.165, 1.54) is 5.39 Å². The smallest absolute Gasteiger partial charge is 0.203 e. The van der Waals surface area contributed by atoms with Crippen molar-refractivity contribution in [1.82, 2.24) is 9.97 Å². The van der Waals surface area contributed by atoms with Crippen LogP contribution in [0.3, 0.4) is 0 Å². The monoisotopic (exact) mass is 256 g/mol. The summed E-state index contributed by atoms with van der Waals surface area (Å²) in [5, 5.41) is 8.18. The van der Waals surface area contributed by atoms with E-state index in [1.807, 2.05) is 30.6 Å². The zero-order chi connectivity index (χ0) is 12.4. The number of hydrogen-bond donors (Lipinski definition) is 2. The van der Waals surface area contributed by atoms with Gasteiger partial charge in [-0.15, -0.1) is 11.3 Å². The van der Waals surface area contributed by atoms with Crippen molar-refractivity contribution in [3.05, 3.63) is 47.1 Å². The van der Waals surface area contributed by atoms with Crippen LogP contribution >= 0.6 is 11.3 Å². The van der Waals surface area contributed by atoms with Crippen LogP contribution < -0.4 is 5.43 Å². The van der Waals surface area contributed by atoms with Gasteiger partial charge in [-0.2, -0.15) is 5.10 Å². The van der Waals surface area contributed by atoms with Gasteiger partial charge in [0, 0.05) is 17.1 Å². The molecule has 18 heavy (non-hydrogen) atoms. The molecule has 0 atom stereocenters. The Morgan fingerprint density at radius 2 is 2.33 bits per heavy atom. The van der Waals surface area contributed by atoms with Crippen LogP contribution in [0.4, 0.5) is 5.13 Å². The van der Waals surface area contributed by atoms with Gasteiger partial charge >= 0.3 is 0 Å². The van der Waals surface area contributed by atoms with E-state index in [1.54, 1.807) is 17.6 Å². The van der Waals surface area contributed by atoms with Gasteiger partial charge in [0.15, 0.2) is 0 Å². The van der Waals surface area contributed by atoms with E-state index < -0.39 is 0 Å². The third kappa shape index (κ3) is 2.26. The minimum Gasteiger partial charge on any atom is -0.361 e. The SMILES string of the molecule is Cc1csc(NN=Cc2ccc3cc[nH]c3c2)n1. The van der Waals surface area contributed by atoms with Crippen molar-refractivity contribution >= 4 is 33.6 Å². The first kappa shape index (κ1) is 11.0. The lowest BCUT2D eigenvalue weighted by molar-refractivity contribution is 1.22. The molecule has 0 saturated heterocycles. The van der Waals surface area contributed by atoms with Gasteiger partial charge < -0.3 is 4.98 Å². The molecule has 4 nitrogen and oxygen atoms in total. The number of thiazole rings is 1. The van der Waals surface area contributed by atoms with E-state index in [0.29, 0.717) is 0 Å². The molecular weight excluding hydrogens is 244 g/mol. The van der Waals surface area contributed by atoms with Crippen molar-refractivity contribution < 1.29 is 0 Å². The van der Waals surface area contributed by atoms with Crippen molar-refractivity contribution in [3.8, 4) is 0 Å². The van der Waals surface area contributed by atoms with Crippen LogP contribution in [0.2, 0.25) is 0 Å². The van der Waals surface area contributed by atoms with E-state index in [-0.39, 0.29) is 0 Å². The predicted octanol–water partition coefficient (Wildman–Crippen LogP) is 3.38. The Labute approximate surface area is 108 Å². The van der Waals surface area contributed by atoms with Crippen LogP contribution in [0.1, 0.15) is 11.3 Å². The molecule has 0 fully saturated rings. The second kappa shape index (κ2) is 4.62. The molecule has 0 saturated carbocycles. The van der Waals surface area contributed by atoms with Gasteiger partial charge in [0.2, 0.25) is 5.13 Å². The number of hydrazone groups is 1. The van der Waals surface area contributed by atoms with Crippen molar-refractivity contribution in [2.75, 3.05) is 5.43 Å². The summed E-state index contributed by atoms with van der Waals surface area (Å²) in [6.07, 6.45) is 3.72. The molecule has 0 aliphatic rings. The first-order chi connectivity index (χ1) is 8.81. The van der Waals surface area contributed by atoms with Crippen LogP contribution in [-0.2, 0) is 0 Å². The second-order valence-corrected chi connectivity index (χ2v) is 4.85. The third-order valence-electron chi connectivity index (χ3n) is 2.57. The number of rotatable bonds is 3. The highest BCUT2D eigenvalue weighted by Crippen LogP contribution is 2.15. The quantitative estimate of drug-likeness (QED) is 0.557. The summed E-state index contributed by atoms with van der Waals surface area (Å²) < 4.78 is 0. The van der Waals surface area contributed by atoms with Crippen molar-refractivity contribution in [1.29, 1.82) is 0 Å². The maximum absolute atomic E-state index is 4.27. The number of benzene rings is 1. The minimum atomic E-state index is 0.810. The Morgan fingerprint density at radius 1 is 1.39 bits per heavy atom. The molecule has 0 unspecified atom stereocenters. The lowest BCUT2D eigenvalue weighted by Gasteiger charge is -1.95. The summed E-state index contributed by atoms with van der Waals surface area (Å²) in [6.45, 7) is 1.96. The van der Waals surface area contributed by atoms with E-state index in [9.17, 15) is 0 Å². The van der Waals surface area contributed by atoms with Crippen molar-refractivity contribution in [3.63, 3.8) is 0 Å². The number of aryl methyl sites for hydroxylation is 1. The fraction of sp³-hybridized carbons (Fsp3) is 0.0769. The number of anilines is 1. The largest absolute Gasteiger partial charge is 0.361 e. The Kier molecular flexibility index (Phi) is 2.82. The summed E-state index contributed by atoms with van der Waals surface area (Å²) in [4.78, 5) is 7.45. The number of aromatic nitrogens is 2. The van der Waals surface area contributed by atoms with Gasteiger partial charge in [0.1, 0.15) is 0 Å². The number of fused-ring (bicyclic) bond motifs is 1. The maximum Gasteiger partial charge on any atom is 0.203 e. The van der Waals surface area contributed by atoms with Crippen molar-refractivity contribution in [2.45, 2.75) is 6.92 Å². The average Bonchev–Trinajstić information content (AvgIpc) is 2.97. The molecule has 2 N–H and O–H groups in total. The molecule has 0 bridgehead atoms.